The molecule has 78 valence electrons. The van der Waals surface area contributed by atoms with E-state index in [0.29, 0.717) is 23.4 Å². The van der Waals surface area contributed by atoms with E-state index in [1.807, 2.05) is 0 Å². The fourth-order valence-electron chi connectivity index (χ4n) is 0.982. The maximum Gasteiger partial charge on any atom is 0.258 e. The van der Waals surface area contributed by atoms with E-state index in [0.717, 1.165) is 0 Å². The Morgan fingerprint density at radius 1 is 1.71 bits per heavy atom. The molecule has 0 radical (unpaired) electrons. The molecule has 0 aliphatic rings. The van der Waals surface area contributed by atoms with E-state index in [1.54, 1.807) is 25.1 Å². The zero-order valence-electron chi connectivity index (χ0n) is 8.12. The van der Waals surface area contributed by atoms with Gasteiger partial charge in [0.05, 0.1) is 18.4 Å². The van der Waals surface area contributed by atoms with Gasteiger partial charge in [-0.1, -0.05) is 0 Å². The standard InChI is InChI=1S/C9H12BrNO3/c1-11(4-6-13-2)9(12)7-3-5-14-8(7)10/h3,5H,4,6H2,1-2H3. The van der Waals surface area contributed by atoms with E-state index in [4.69, 9.17) is 9.15 Å². The molecule has 0 N–H and O–H groups in total. The lowest BCUT2D eigenvalue weighted by atomic mass is 10.3. The second-order valence-corrected chi connectivity index (χ2v) is 3.55. The summed E-state index contributed by atoms with van der Waals surface area (Å²) in [6, 6.07) is 1.63. The van der Waals surface area contributed by atoms with Gasteiger partial charge in [-0.05, 0) is 22.0 Å². The van der Waals surface area contributed by atoms with Crippen molar-refractivity contribution >= 4 is 21.8 Å². The molecule has 0 aliphatic carbocycles. The number of ether oxygens (including phenoxy) is 1. The molecule has 0 spiro atoms. The number of likely N-dealkylation sites (N-methyl/N-ethyl adjacent to an activating group) is 1. The van der Waals surface area contributed by atoms with Crippen LogP contribution in [0.5, 0.6) is 0 Å². The van der Waals surface area contributed by atoms with Gasteiger partial charge in [0.2, 0.25) is 0 Å². The molecule has 1 heterocycles. The Kier molecular flexibility index (Phi) is 4.16. The van der Waals surface area contributed by atoms with Crippen LogP contribution in [0.3, 0.4) is 0 Å². The summed E-state index contributed by atoms with van der Waals surface area (Å²) in [6.45, 7) is 1.09. The third-order valence-electron chi connectivity index (χ3n) is 1.83. The van der Waals surface area contributed by atoms with Crippen molar-refractivity contribution in [3.8, 4) is 0 Å². The van der Waals surface area contributed by atoms with Gasteiger partial charge in [0, 0.05) is 20.7 Å². The number of nitrogens with zero attached hydrogens (tertiary/aromatic N) is 1. The molecule has 1 amide bonds. The van der Waals surface area contributed by atoms with Crippen LogP contribution in [-0.2, 0) is 4.74 Å². The van der Waals surface area contributed by atoms with Crippen molar-refractivity contribution in [3.05, 3.63) is 22.6 Å². The van der Waals surface area contributed by atoms with Crippen LogP contribution in [-0.4, -0.2) is 38.1 Å². The Bertz CT molecular complexity index is 311. The Morgan fingerprint density at radius 2 is 2.43 bits per heavy atom. The lowest BCUT2D eigenvalue weighted by Gasteiger charge is -2.15. The molecular formula is C9H12BrNO3. The highest BCUT2D eigenvalue weighted by atomic mass is 79.9. The van der Waals surface area contributed by atoms with Gasteiger partial charge in [0.15, 0.2) is 4.67 Å². The molecule has 0 unspecified atom stereocenters. The van der Waals surface area contributed by atoms with E-state index >= 15 is 0 Å². The van der Waals surface area contributed by atoms with Crippen molar-refractivity contribution in [2.45, 2.75) is 0 Å². The van der Waals surface area contributed by atoms with Crippen LogP contribution in [0, 0.1) is 0 Å². The third-order valence-corrected chi connectivity index (χ3v) is 2.44. The first-order valence-corrected chi connectivity index (χ1v) is 4.93. The Labute approximate surface area is 91.0 Å². The number of furan rings is 1. The largest absolute Gasteiger partial charge is 0.457 e. The molecule has 4 nitrogen and oxygen atoms in total. The summed E-state index contributed by atoms with van der Waals surface area (Å²) in [4.78, 5) is 13.3. The second kappa shape index (κ2) is 5.17. The predicted octanol–water partition coefficient (Wildman–Crippen LogP) is 1.76. The van der Waals surface area contributed by atoms with Crippen molar-refractivity contribution in [1.29, 1.82) is 0 Å². The van der Waals surface area contributed by atoms with Crippen LogP contribution in [0.4, 0.5) is 0 Å². The lowest BCUT2D eigenvalue weighted by Crippen LogP contribution is -2.29. The molecule has 0 atom stereocenters. The summed E-state index contributed by atoms with van der Waals surface area (Å²) in [6.07, 6.45) is 1.47. The van der Waals surface area contributed by atoms with Gasteiger partial charge in [-0.3, -0.25) is 4.79 Å². The van der Waals surface area contributed by atoms with Crippen molar-refractivity contribution in [2.75, 3.05) is 27.3 Å². The molecule has 0 aromatic carbocycles. The van der Waals surface area contributed by atoms with Crippen LogP contribution in [0.2, 0.25) is 0 Å². The molecule has 0 aliphatic heterocycles. The number of halogens is 1. The predicted molar refractivity (Wildman–Crippen MR) is 55.2 cm³/mol. The van der Waals surface area contributed by atoms with E-state index in [2.05, 4.69) is 15.9 Å². The minimum Gasteiger partial charge on any atom is -0.457 e. The van der Waals surface area contributed by atoms with E-state index in [-0.39, 0.29) is 5.91 Å². The summed E-state index contributed by atoms with van der Waals surface area (Å²) >= 11 is 3.16. The van der Waals surface area contributed by atoms with Gasteiger partial charge in [0.25, 0.3) is 5.91 Å². The number of carbonyl (C=O) groups excluding carboxylic acids is 1. The molecular weight excluding hydrogens is 250 g/mol. The van der Waals surface area contributed by atoms with Gasteiger partial charge < -0.3 is 14.1 Å². The summed E-state index contributed by atoms with van der Waals surface area (Å²) in [5, 5.41) is 0. The van der Waals surface area contributed by atoms with Gasteiger partial charge >= 0.3 is 0 Å². The topological polar surface area (TPSA) is 42.7 Å². The van der Waals surface area contributed by atoms with Gasteiger partial charge in [-0.25, -0.2) is 0 Å². The molecule has 0 saturated carbocycles. The maximum atomic E-state index is 11.7. The van der Waals surface area contributed by atoms with Crippen molar-refractivity contribution < 1.29 is 13.9 Å². The van der Waals surface area contributed by atoms with E-state index in [9.17, 15) is 4.79 Å². The van der Waals surface area contributed by atoms with Gasteiger partial charge in [-0.2, -0.15) is 0 Å². The Morgan fingerprint density at radius 3 is 2.93 bits per heavy atom. The fourth-order valence-corrected chi connectivity index (χ4v) is 1.39. The van der Waals surface area contributed by atoms with Crippen LogP contribution >= 0.6 is 15.9 Å². The number of rotatable bonds is 4. The lowest BCUT2D eigenvalue weighted by molar-refractivity contribution is 0.0742. The van der Waals surface area contributed by atoms with E-state index < -0.39 is 0 Å². The zero-order chi connectivity index (χ0) is 10.6. The van der Waals surface area contributed by atoms with Crippen LogP contribution in [0.25, 0.3) is 0 Å². The zero-order valence-corrected chi connectivity index (χ0v) is 9.70. The molecule has 0 fully saturated rings. The molecule has 14 heavy (non-hydrogen) atoms. The molecule has 1 rings (SSSR count). The minimum atomic E-state index is -0.0809. The quantitative estimate of drug-likeness (QED) is 0.830. The second-order valence-electron chi connectivity index (χ2n) is 2.83. The summed E-state index contributed by atoms with van der Waals surface area (Å²) in [7, 11) is 3.33. The number of carbonyl (C=O) groups is 1. The van der Waals surface area contributed by atoms with Crippen molar-refractivity contribution in [1.82, 2.24) is 4.90 Å². The Hall–Kier alpha value is -0.810. The molecule has 5 heteroatoms. The highest BCUT2D eigenvalue weighted by Gasteiger charge is 2.16. The van der Waals surface area contributed by atoms with E-state index in [1.165, 1.54) is 6.26 Å². The first-order valence-electron chi connectivity index (χ1n) is 4.14. The van der Waals surface area contributed by atoms with Crippen LogP contribution in [0.1, 0.15) is 10.4 Å². The number of methoxy groups -OCH3 is 1. The van der Waals surface area contributed by atoms with Crippen molar-refractivity contribution in [2.24, 2.45) is 0 Å². The Balaban J connectivity index is 2.61. The highest BCUT2D eigenvalue weighted by Crippen LogP contribution is 2.18. The first kappa shape index (κ1) is 11.3. The molecule has 1 aromatic heterocycles. The third kappa shape index (κ3) is 2.59. The SMILES string of the molecule is COCCN(C)C(=O)c1ccoc1Br. The van der Waals surface area contributed by atoms with Crippen LogP contribution in [0.15, 0.2) is 21.4 Å². The highest BCUT2D eigenvalue weighted by molar-refractivity contribution is 9.10. The molecule has 1 aromatic rings. The summed E-state index contributed by atoms with van der Waals surface area (Å²) in [5.74, 6) is -0.0809. The van der Waals surface area contributed by atoms with Gasteiger partial charge in [-0.15, -0.1) is 0 Å². The normalized spacial score (nSPS) is 10.2. The first-order chi connectivity index (χ1) is 6.66. The fraction of sp³-hybridized carbons (Fsp3) is 0.444. The number of hydrogen-bond donors (Lipinski definition) is 0. The molecule has 0 saturated heterocycles. The minimum absolute atomic E-state index is 0.0809. The monoisotopic (exact) mass is 261 g/mol. The van der Waals surface area contributed by atoms with Crippen LogP contribution < -0.4 is 0 Å². The van der Waals surface area contributed by atoms with Gasteiger partial charge in [0.1, 0.15) is 0 Å². The van der Waals surface area contributed by atoms with Crippen molar-refractivity contribution in [3.63, 3.8) is 0 Å². The number of amides is 1. The summed E-state index contributed by atoms with van der Waals surface area (Å²) in [5.41, 5.74) is 0.531. The maximum absolute atomic E-state index is 11.7. The average molecular weight is 262 g/mol. The molecule has 0 bridgehead atoms. The smallest absolute Gasteiger partial charge is 0.258 e. The average Bonchev–Trinajstić information content (AvgIpc) is 2.59. The number of hydrogen-bond acceptors (Lipinski definition) is 3. The summed E-state index contributed by atoms with van der Waals surface area (Å²) < 4.78 is 10.3.